The molecule has 0 spiro atoms. The lowest BCUT2D eigenvalue weighted by molar-refractivity contribution is 0.474. The Labute approximate surface area is 112 Å². The van der Waals surface area contributed by atoms with E-state index >= 15 is 0 Å². The van der Waals surface area contributed by atoms with Gasteiger partial charge >= 0.3 is 0 Å². The number of rotatable bonds is 3. The van der Waals surface area contributed by atoms with Gasteiger partial charge in [0.25, 0.3) is 0 Å². The van der Waals surface area contributed by atoms with Gasteiger partial charge in [-0.05, 0) is 36.6 Å². The van der Waals surface area contributed by atoms with Crippen LogP contribution in [0.5, 0.6) is 0 Å². The van der Waals surface area contributed by atoms with E-state index in [4.69, 9.17) is 10.2 Å². The van der Waals surface area contributed by atoms with Gasteiger partial charge < -0.3 is 10.2 Å². The van der Waals surface area contributed by atoms with Crippen molar-refractivity contribution in [1.82, 2.24) is 4.98 Å². The van der Waals surface area contributed by atoms with Crippen molar-refractivity contribution in [1.29, 1.82) is 0 Å². The minimum atomic E-state index is -0.213. The van der Waals surface area contributed by atoms with Gasteiger partial charge in [0.15, 0.2) is 5.58 Å². The van der Waals surface area contributed by atoms with Gasteiger partial charge in [-0.2, -0.15) is 0 Å². The molecule has 0 aliphatic carbocycles. The van der Waals surface area contributed by atoms with E-state index in [0.29, 0.717) is 5.89 Å². The van der Waals surface area contributed by atoms with Crippen molar-refractivity contribution in [2.24, 2.45) is 5.73 Å². The SMILES string of the molecule is Cc1ccc2oc(C(N)Cc3ccccc3)nc2c1. The summed E-state index contributed by atoms with van der Waals surface area (Å²) in [7, 11) is 0. The zero-order valence-electron chi connectivity index (χ0n) is 10.8. The third-order valence-corrected chi connectivity index (χ3v) is 3.18. The third-order valence-electron chi connectivity index (χ3n) is 3.18. The van der Waals surface area contributed by atoms with Crippen LogP contribution in [-0.2, 0) is 6.42 Å². The number of aromatic nitrogens is 1. The largest absolute Gasteiger partial charge is 0.439 e. The summed E-state index contributed by atoms with van der Waals surface area (Å²) < 4.78 is 5.72. The Kier molecular flexibility index (Phi) is 3.05. The number of aryl methyl sites for hydroxylation is 1. The van der Waals surface area contributed by atoms with Crippen molar-refractivity contribution in [3.63, 3.8) is 0 Å². The molecule has 0 aliphatic heterocycles. The molecule has 1 unspecified atom stereocenters. The second kappa shape index (κ2) is 4.86. The van der Waals surface area contributed by atoms with E-state index in [0.717, 1.165) is 17.5 Å². The van der Waals surface area contributed by atoms with Crippen molar-refractivity contribution in [3.05, 3.63) is 65.5 Å². The van der Waals surface area contributed by atoms with Crippen molar-refractivity contribution in [2.45, 2.75) is 19.4 Å². The zero-order chi connectivity index (χ0) is 13.2. The molecule has 0 bridgehead atoms. The maximum Gasteiger partial charge on any atom is 0.212 e. The minimum absolute atomic E-state index is 0.213. The average molecular weight is 252 g/mol. The standard InChI is InChI=1S/C16H16N2O/c1-11-7-8-15-14(9-11)18-16(19-15)13(17)10-12-5-3-2-4-6-12/h2-9,13H,10,17H2,1H3. The maximum absolute atomic E-state index is 6.17. The fourth-order valence-corrected chi connectivity index (χ4v) is 2.17. The lowest BCUT2D eigenvalue weighted by Gasteiger charge is -2.06. The molecule has 0 amide bonds. The van der Waals surface area contributed by atoms with Gasteiger partial charge in [0.05, 0.1) is 6.04 Å². The predicted molar refractivity (Wildman–Crippen MR) is 75.8 cm³/mol. The molecule has 0 aliphatic rings. The molecule has 0 saturated heterocycles. The molecular formula is C16H16N2O. The van der Waals surface area contributed by atoms with E-state index in [1.54, 1.807) is 0 Å². The topological polar surface area (TPSA) is 52.0 Å². The van der Waals surface area contributed by atoms with Crippen LogP contribution in [0.1, 0.15) is 23.1 Å². The summed E-state index contributed by atoms with van der Waals surface area (Å²) in [5.74, 6) is 0.601. The highest BCUT2D eigenvalue weighted by atomic mass is 16.3. The number of hydrogen-bond acceptors (Lipinski definition) is 3. The Morgan fingerprint density at radius 3 is 2.74 bits per heavy atom. The van der Waals surface area contributed by atoms with Gasteiger partial charge in [-0.1, -0.05) is 36.4 Å². The highest BCUT2D eigenvalue weighted by Crippen LogP contribution is 2.22. The smallest absolute Gasteiger partial charge is 0.212 e. The first kappa shape index (κ1) is 11.9. The van der Waals surface area contributed by atoms with E-state index in [1.165, 1.54) is 11.1 Å². The first-order chi connectivity index (χ1) is 9.22. The lowest BCUT2D eigenvalue weighted by atomic mass is 10.1. The van der Waals surface area contributed by atoms with Crippen molar-refractivity contribution >= 4 is 11.1 Å². The van der Waals surface area contributed by atoms with Crippen LogP contribution in [0.15, 0.2) is 52.9 Å². The number of oxazole rings is 1. The Bertz CT molecular complexity index is 688. The Hall–Kier alpha value is -2.13. The number of nitrogens with two attached hydrogens (primary N) is 1. The molecule has 3 heteroatoms. The minimum Gasteiger partial charge on any atom is -0.439 e. The van der Waals surface area contributed by atoms with Crippen LogP contribution in [0, 0.1) is 6.92 Å². The van der Waals surface area contributed by atoms with Gasteiger partial charge in [0.2, 0.25) is 5.89 Å². The van der Waals surface area contributed by atoms with Gasteiger partial charge in [0, 0.05) is 0 Å². The van der Waals surface area contributed by atoms with Gasteiger partial charge in [-0.15, -0.1) is 0 Å². The molecule has 0 saturated carbocycles. The molecule has 3 nitrogen and oxygen atoms in total. The molecule has 19 heavy (non-hydrogen) atoms. The maximum atomic E-state index is 6.17. The van der Waals surface area contributed by atoms with Crippen molar-refractivity contribution in [2.75, 3.05) is 0 Å². The van der Waals surface area contributed by atoms with E-state index in [9.17, 15) is 0 Å². The van der Waals surface area contributed by atoms with Crippen molar-refractivity contribution in [3.8, 4) is 0 Å². The van der Waals surface area contributed by atoms with Crippen molar-refractivity contribution < 1.29 is 4.42 Å². The Morgan fingerprint density at radius 1 is 1.16 bits per heavy atom. The monoisotopic (exact) mass is 252 g/mol. The number of nitrogens with zero attached hydrogens (tertiary/aromatic N) is 1. The highest BCUT2D eigenvalue weighted by Gasteiger charge is 2.14. The molecule has 2 N–H and O–H groups in total. The summed E-state index contributed by atoms with van der Waals surface area (Å²) in [6.07, 6.45) is 0.729. The summed E-state index contributed by atoms with van der Waals surface area (Å²) in [6, 6.07) is 15.9. The van der Waals surface area contributed by atoms with Crippen LogP contribution in [0.25, 0.3) is 11.1 Å². The first-order valence-corrected chi connectivity index (χ1v) is 6.39. The van der Waals surface area contributed by atoms with Gasteiger partial charge in [-0.3, -0.25) is 0 Å². The molecule has 0 fully saturated rings. The van der Waals surface area contributed by atoms with Gasteiger partial charge in [0.1, 0.15) is 5.52 Å². The zero-order valence-corrected chi connectivity index (χ0v) is 10.8. The molecule has 96 valence electrons. The number of fused-ring (bicyclic) bond motifs is 1. The molecule has 3 rings (SSSR count). The molecule has 1 heterocycles. The third kappa shape index (κ3) is 2.51. The second-order valence-corrected chi connectivity index (χ2v) is 4.82. The normalized spacial score (nSPS) is 12.7. The van der Waals surface area contributed by atoms with Crippen LogP contribution in [0.2, 0.25) is 0 Å². The van der Waals surface area contributed by atoms with Crippen LogP contribution < -0.4 is 5.73 Å². The quantitative estimate of drug-likeness (QED) is 0.777. The number of hydrogen-bond donors (Lipinski definition) is 1. The predicted octanol–water partition coefficient (Wildman–Crippen LogP) is 3.38. The fraction of sp³-hybridized carbons (Fsp3) is 0.188. The van der Waals surface area contributed by atoms with E-state index < -0.39 is 0 Å². The summed E-state index contributed by atoms with van der Waals surface area (Å²) in [5.41, 5.74) is 10.2. The van der Waals surface area contributed by atoms with E-state index in [1.807, 2.05) is 43.3 Å². The van der Waals surface area contributed by atoms with Crippen LogP contribution in [0.4, 0.5) is 0 Å². The van der Waals surface area contributed by atoms with E-state index in [-0.39, 0.29) is 6.04 Å². The molecular weight excluding hydrogens is 236 g/mol. The van der Waals surface area contributed by atoms with Gasteiger partial charge in [-0.25, -0.2) is 4.98 Å². The molecule has 3 aromatic rings. The number of benzene rings is 2. The van der Waals surface area contributed by atoms with Crippen LogP contribution in [-0.4, -0.2) is 4.98 Å². The Morgan fingerprint density at radius 2 is 1.95 bits per heavy atom. The highest BCUT2D eigenvalue weighted by molar-refractivity contribution is 5.73. The summed E-state index contributed by atoms with van der Waals surface area (Å²) in [6.45, 7) is 2.04. The van der Waals surface area contributed by atoms with Crippen LogP contribution >= 0.6 is 0 Å². The molecule has 1 aromatic heterocycles. The van der Waals surface area contributed by atoms with E-state index in [2.05, 4.69) is 17.1 Å². The Balaban J connectivity index is 1.87. The lowest BCUT2D eigenvalue weighted by Crippen LogP contribution is -2.13. The summed E-state index contributed by atoms with van der Waals surface area (Å²) >= 11 is 0. The average Bonchev–Trinajstić information content (AvgIpc) is 2.83. The molecule has 2 aromatic carbocycles. The van der Waals surface area contributed by atoms with Crippen LogP contribution in [0.3, 0.4) is 0 Å². The first-order valence-electron chi connectivity index (χ1n) is 6.39. The fourth-order valence-electron chi connectivity index (χ4n) is 2.17. The second-order valence-electron chi connectivity index (χ2n) is 4.82. The molecule has 1 atom stereocenters. The molecule has 0 radical (unpaired) electrons. The summed E-state index contributed by atoms with van der Waals surface area (Å²) in [5, 5.41) is 0. The summed E-state index contributed by atoms with van der Waals surface area (Å²) in [4.78, 5) is 4.48.